The highest BCUT2D eigenvalue weighted by molar-refractivity contribution is 7.89. The van der Waals surface area contributed by atoms with E-state index in [1.54, 1.807) is 31.3 Å². The normalized spacial score (nSPS) is 15.9. The number of fused-ring (bicyclic) bond motifs is 1. The van der Waals surface area contributed by atoms with Crippen LogP contribution in [0.15, 0.2) is 59.5 Å². The number of sulfonamides is 1. The molecule has 1 aliphatic rings. The predicted octanol–water partition coefficient (Wildman–Crippen LogP) is 2.96. The number of carbonyl (C=O) groups excluding carboxylic acids is 1. The van der Waals surface area contributed by atoms with Crippen molar-refractivity contribution in [2.75, 3.05) is 7.05 Å². The number of H-pyrrole nitrogens is 1. The number of carbonyl (C=O) groups is 1. The molecule has 0 saturated heterocycles. The van der Waals surface area contributed by atoms with Gasteiger partial charge in [0.1, 0.15) is 0 Å². The van der Waals surface area contributed by atoms with Crippen LogP contribution in [-0.4, -0.2) is 35.9 Å². The Kier molecular flexibility index (Phi) is 5.44. The van der Waals surface area contributed by atoms with E-state index in [0.29, 0.717) is 11.3 Å². The minimum atomic E-state index is -3.69. The number of nitrogens with one attached hydrogen (secondary N) is 2. The van der Waals surface area contributed by atoms with Crippen LogP contribution >= 0.6 is 0 Å². The molecule has 0 spiro atoms. The summed E-state index contributed by atoms with van der Waals surface area (Å²) in [6, 6.07) is 15.8. The maximum Gasteiger partial charge on any atom is 0.251 e. The van der Waals surface area contributed by atoms with Crippen LogP contribution in [0.25, 0.3) is 0 Å². The third-order valence-corrected chi connectivity index (χ3v) is 7.19. The lowest BCUT2D eigenvalue weighted by Crippen LogP contribution is -2.28. The Morgan fingerprint density at radius 3 is 2.67 bits per heavy atom. The SMILES string of the molecule is Cc1cc(CN(C)S(=O)(=O)c2ccc3c(c2)C(NC(=O)c2ccccc2)CC3)n[nH]1. The summed E-state index contributed by atoms with van der Waals surface area (Å²) in [5.74, 6) is -0.160. The molecule has 1 amide bonds. The fourth-order valence-corrected chi connectivity index (χ4v) is 4.95. The molecule has 156 valence electrons. The van der Waals surface area contributed by atoms with E-state index in [0.717, 1.165) is 29.7 Å². The fraction of sp³-hybridized carbons (Fsp3) is 0.273. The van der Waals surface area contributed by atoms with Gasteiger partial charge in [-0.15, -0.1) is 0 Å². The van der Waals surface area contributed by atoms with Crippen LogP contribution in [0, 0.1) is 6.92 Å². The van der Waals surface area contributed by atoms with E-state index in [-0.39, 0.29) is 23.4 Å². The monoisotopic (exact) mass is 424 g/mol. The lowest BCUT2D eigenvalue weighted by molar-refractivity contribution is 0.0936. The number of nitrogens with zero attached hydrogens (tertiary/aromatic N) is 2. The molecule has 1 aliphatic carbocycles. The highest BCUT2D eigenvalue weighted by Crippen LogP contribution is 2.33. The van der Waals surface area contributed by atoms with Gasteiger partial charge in [-0.25, -0.2) is 8.42 Å². The molecule has 0 radical (unpaired) electrons. The maximum atomic E-state index is 13.1. The number of aromatic amines is 1. The van der Waals surface area contributed by atoms with Crippen LogP contribution in [0.2, 0.25) is 0 Å². The van der Waals surface area contributed by atoms with Crippen LogP contribution in [0.3, 0.4) is 0 Å². The Morgan fingerprint density at radius 2 is 1.97 bits per heavy atom. The molecule has 1 aromatic heterocycles. The Bertz CT molecular complexity index is 1170. The van der Waals surface area contributed by atoms with Gasteiger partial charge in [-0.05, 0) is 61.2 Å². The average Bonchev–Trinajstić information content (AvgIpc) is 3.34. The molecular formula is C22H24N4O3S. The quantitative estimate of drug-likeness (QED) is 0.636. The van der Waals surface area contributed by atoms with Crippen molar-refractivity contribution in [1.29, 1.82) is 0 Å². The summed E-state index contributed by atoms with van der Waals surface area (Å²) in [6.45, 7) is 2.05. The molecule has 0 aliphatic heterocycles. The van der Waals surface area contributed by atoms with Crippen LogP contribution in [0.4, 0.5) is 0 Å². The minimum absolute atomic E-state index is 0.160. The van der Waals surface area contributed by atoms with Crippen molar-refractivity contribution < 1.29 is 13.2 Å². The van der Waals surface area contributed by atoms with E-state index in [2.05, 4.69) is 15.5 Å². The molecule has 0 saturated carbocycles. The Morgan fingerprint density at radius 1 is 1.20 bits per heavy atom. The van der Waals surface area contributed by atoms with Gasteiger partial charge in [-0.3, -0.25) is 9.89 Å². The number of hydrogen-bond acceptors (Lipinski definition) is 4. The second-order valence-corrected chi connectivity index (χ2v) is 9.64. The molecule has 2 aromatic carbocycles. The van der Waals surface area contributed by atoms with Gasteiger partial charge in [0, 0.05) is 18.3 Å². The van der Waals surface area contributed by atoms with Gasteiger partial charge in [0.05, 0.1) is 23.2 Å². The topological polar surface area (TPSA) is 95.2 Å². The first-order chi connectivity index (χ1) is 14.3. The van der Waals surface area contributed by atoms with Crippen LogP contribution in [0.5, 0.6) is 0 Å². The van der Waals surface area contributed by atoms with Crippen molar-refractivity contribution >= 4 is 15.9 Å². The van der Waals surface area contributed by atoms with Gasteiger partial charge < -0.3 is 5.32 Å². The van der Waals surface area contributed by atoms with Gasteiger partial charge in [-0.1, -0.05) is 24.3 Å². The smallest absolute Gasteiger partial charge is 0.251 e. The second-order valence-electron chi connectivity index (χ2n) is 7.59. The largest absolute Gasteiger partial charge is 0.345 e. The summed E-state index contributed by atoms with van der Waals surface area (Å²) >= 11 is 0. The molecular weight excluding hydrogens is 400 g/mol. The van der Waals surface area contributed by atoms with Gasteiger partial charge in [0.15, 0.2) is 0 Å². The molecule has 0 fully saturated rings. The Labute approximate surface area is 176 Å². The van der Waals surface area contributed by atoms with Gasteiger partial charge in [0.2, 0.25) is 10.0 Å². The average molecular weight is 425 g/mol. The Balaban J connectivity index is 1.55. The van der Waals surface area contributed by atoms with Crippen molar-refractivity contribution in [1.82, 2.24) is 19.8 Å². The molecule has 1 atom stereocenters. The van der Waals surface area contributed by atoms with Gasteiger partial charge >= 0.3 is 0 Å². The van der Waals surface area contributed by atoms with Crippen molar-refractivity contribution in [3.63, 3.8) is 0 Å². The highest BCUT2D eigenvalue weighted by atomic mass is 32.2. The number of aryl methyl sites for hydroxylation is 2. The highest BCUT2D eigenvalue weighted by Gasteiger charge is 2.28. The van der Waals surface area contributed by atoms with Gasteiger partial charge in [0.25, 0.3) is 5.91 Å². The van der Waals surface area contributed by atoms with Crippen molar-refractivity contribution in [2.45, 2.75) is 37.2 Å². The van der Waals surface area contributed by atoms with Crippen molar-refractivity contribution in [3.8, 4) is 0 Å². The molecule has 4 rings (SSSR count). The van der Waals surface area contributed by atoms with Crippen LogP contribution in [0.1, 0.15) is 45.3 Å². The summed E-state index contributed by atoms with van der Waals surface area (Å²) < 4.78 is 27.5. The molecule has 0 bridgehead atoms. The van der Waals surface area contributed by atoms with Gasteiger partial charge in [-0.2, -0.15) is 9.40 Å². The molecule has 8 heteroatoms. The second kappa shape index (κ2) is 8.04. The zero-order chi connectivity index (χ0) is 21.3. The number of benzene rings is 2. The first-order valence-electron chi connectivity index (χ1n) is 9.80. The predicted molar refractivity (Wildman–Crippen MR) is 113 cm³/mol. The van der Waals surface area contributed by atoms with Crippen LogP contribution in [-0.2, 0) is 23.0 Å². The zero-order valence-corrected chi connectivity index (χ0v) is 17.7. The van der Waals surface area contributed by atoms with Crippen LogP contribution < -0.4 is 5.32 Å². The maximum absolute atomic E-state index is 13.1. The fourth-order valence-electron chi connectivity index (χ4n) is 3.77. The lowest BCUT2D eigenvalue weighted by atomic mass is 10.1. The third-order valence-electron chi connectivity index (χ3n) is 5.39. The molecule has 7 nitrogen and oxygen atoms in total. The summed E-state index contributed by atoms with van der Waals surface area (Å²) in [7, 11) is -2.14. The molecule has 2 N–H and O–H groups in total. The summed E-state index contributed by atoms with van der Waals surface area (Å²) in [5, 5.41) is 9.98. The molecule has 3 aromatic rings. The lowest BCUT2D eigenvalue weighted by Gasteiger charge is -2.18. The molecule has 1 heterocycles. The third kappa shape index (κ3) is 4.01. The summed E-state index contributed by atoms with van der Waals surface area (Å²) in [5.41, 5.74) is 4.06. The van der Waals surface area contributed by atoms with E-state index in [1.807, 2.05) is 37.3 Å². The van der Waals surface area contributed by atoms with Crippen molar-refractivity contribution in [3.05, 3.63) is 82.7 Å². The number of amides is 1. The first-order valence-corrected chi connectivity index (χ1v) is 11.2. The number of aromatic nitrogens is 2. The van der Waals surface area contributed by atoms with E-state index in [4.69, 9.17) is 0 Å². The first kappa shape index (κ1) is 20.3. The molecule has 30 heavy (non-hydrogen) atoms. The van der Waals surface area contributed by atoms with Crippen molar-refractivity contribution in [2.24, 2.45) is 0 Å². The number of hydrogen-bond donors (Lipinski definition) is 2. The zero-order valence-electron chi connectivity index (χ0n) is 16.9. The Hall–Kier alpha value is -2.97. The minimum Gasteiger partial charge on any atom is -0.345 e. The summed E-state index contributed by atoms with van der Waals surface area (Å²) in [4.78, 5) is 12.8. The number of rotatable bonds is 6. The summed E-state index contributed by atoms with van der Waals surface area (Å²) in [6.07, 6.45) is 1.55. The van der Waals surface area contributed by atoms with E-state index >= 15 is 0 Å². The standard InChI is InChI=1S/C22H24N4O3S/c1-15-12-18(25-24-15)14-26(2)30(28,29)19-10-8-16-9-11-21(20(16)13-19)23-22(27)17-6-4-3-5-7-17/h3-8,10,12-13,21H,9,11,14H2,1-2H3,(H,23,27)(H,24,25). The molecule has 1 unspecified atom stereocenters. The van der Waals surface area contributed by atoms with E-state index < -0.39 is 10.0 Å². The van der Waals surface area contributed by atoms with E-state index in [1.165, 1.54) is 4.31 Å². The van der Waals surface area contributed by atoms with E-state index in [9.17, 15) is 13.2 Å².